The zero-order valence-corrected chi connectivity index (χ0v) is 21.4. The number of amides is 1. The summed E-state index contributed by atoms with van der Waals surface area (Å²) in [5, 5.41) is 43.3. The Labute approximate surface area is 217 Å². The van der Waals surface area contributed by atoms with Crippen LogP contribution in [0.3, 0.4) is 0 Å². The number of phenols is 1. The van der Waals surface area contributed by atoms with Crippen molar-refractivity contribution in [2.75, 3.05) is 25.1 Å². The fourth-order valence-corrected chi connectivity index (χ4v) is 6.72. The third-order valence-corrected chi connectivity index (χ3v) is 8.02. The van der Waals surface area contributed by atoms with E-state index in [1.165, 1.54) is 25.1 Å². The molecule has 15 heteroatoms. The number of nitrogens with two attached hydrogens (primary N) is 3. The smallest absolute Gasteiger partial charge is 0.255 e. The molecule has 3 aliphatic carbocycles. The van der Waals surface area contributed by atoms with Crippen molar-refractivity contribution < 1.29 is 38.1 Å². The van der Waals surface area contributed by atoms with E-state index in [0.717, 1.165) is 12.3 Å². The number of benzene rings is 1. The molecule has 0 bridgehead atoms. The first kappa shape index (κ1) is 27.1. The Kier molecular flexibility index (Phi) is 5.71. The van der Waals surface area contributed by atoms with Crippen molar-refractivity contribution in [1.29, 1.82) is 5.26 Å². The Hall–Kier alpha value is -3.97. The lowest BCUT2D eigenvalue weighted by Crippen LogP contribution is -2.80. The molecule has 14 nitrogen and oxygen atoms in total. The van der Waals surface area contributed by atoms with Crippen LogP contribution in [-0.2, 0) is 30.8 Å². The maximum Gasteiger partial charge on any atom is 0.255 e. The van der Waals surface area contributed by atoms with Crippen LogP contribution in [0.2, 0.25) is 0 Å². The van der Waals surface area contributed by atoms with Crippen molar-refractivity contribution in [1.82, 2.24) is 4.90 Å². The van der Waals surface area contributed by atoms with E-state index in [9.17, 15) is 43.4 Å². The van der Waals surface area contributed by atoms with Gasteiger partial charge in [-0.25, -0.2) is 8.42 Å². The number of carbonyl (C=O) groups excluding carboxylic acids is 3. The molecule has 202 valence electrons. The Morgan fingerprint density at radius 1 is 1.21 bits per heavy atom. The number of hydrogen-bond acceptors (Lipinski definition) is 12. The van der Waals surface area contributed by atoms with E-state index >= 15 is 0 Å². The molecular formula is C23H26N6O8S. The summed E-state index contributed by atoms with van der Waals surface area (Å²) in [6, 6.07) is 2.45. The van der Waals surface area contributed by atoms with Gasteiger partial charge in [-0.05, 0) is 44.6 Å². The van der Waals surface area contributed by atoms with Crippen molar-refractivity contribution in [3.05, 3.63) is 40.2 Å². The zero-order chi connectivity index (χ0) is 28.7. The van der Waals surface area contributed by atoms with Gasteiger partial charge in [-0.2, -0.15) is 5.26 Å². The second-order valence-corrected chi connectivity index (χ2v) is 11.9. The molecule has 0 aromatic heterocycles. The lowest BCUT2D eigenvalue weighted by atomic mass is 9.47. The summed E-state index contributed by atoms with van der Waals surface area (Å²) < 4.78 is 26.2. The number of aliphatic hydroxyl groups excluding tert-OH is 2. The van der Waals surface area contributed by atoms with Gasteiger partial charge in [0.1, 0.15) is 22.8 Å². The van der Waals surface area contributed by atoms with E-state index in [2.05, 4.69) is 4.72 Å². The van der Waals surface area contributed by atoms with Gasteiger partial charge >= 0.3 is 0 Å². The van der Waals surface area contributed by atoms with Gasteiger partial charge in [0.15, 0.2) is 17.0 Å². The van der Waals surface area contributed by atoms with Crippen molar-refractivity contribution in [2.45, 2.75) is 30.0 Å². The van der Waals surface area contributed by atoms with E-state index in [-0.39, 0.29) is 23.2 Å². The Balaban J connectivity index is 2.12. The number of nitrogens with zero attached hydrogens (tertiary/aromatic N) is 2. The van der Waals surface area contributed by atoms with Crippen LogP contribution in [-0.4, -0.2) is 83.6 Å². The lowest BCUT2D eigenvalue weighted by Gasteiger charge is -2.58. The van der Waals surface area contributed by atoms with Crippen LogP contribution >= 0.6 is 0 Å². The number of nitriles is 1. The molecule has 0 spiro atoms. The molecule has 10 N–H and O–H groups in total. The minimum Gasteiger partial charge on any atom is -0.509 e. The molecule has 4 atom stereocenters. The maximum absolute atomic E-state index is 14.2. The highest BCUT2D eigenvalue weighted by Crippen LogP contribution is 2.58. The zero-order valence-electron chi connectivity index (χ0n) is 20.6. The number of Topliss-reactive ketones (excluding diaryl/α,β-unsaturated/α-hetero) is 2. The predicted molar refractivity (Wildman–Crippen MR) is 133 cm³/mol. The number of primary amides is 1. The molecule has 1 aromatic rings. The number of carbonyl (C=O) groups is 3. The van der Waals surface area contributed by atoms with Crippen LogP contribution in [0.15, 0.2) is 29.0 Å². The van der Waals surface area contributed by atoms with Crippen LogP contribution < -0.4 is 21.9 Å². The summed E-state index contributed by atoms with van der Waals surface area (Å²) in [7, 11) is -1.03. The van der Waals surface area contributed by atoms with Crippen LogP contribution in [0.4, 0.5) is 5.69 Å². The molecule has 3 aliphatic rings. The maximum atomic E-state index is 14.2. The number of nitrogens with one attached hydrogen (secondary N) is 1. The Bertz CT molecular complexity index is 1560. The number of phenolic OH excluding ortho intramolecular Hbond substituents is 1. The highest BCUT2D eigenvalue weighted by Gasteiger charge is 2.74. The third kappa shape index (κ3) is 3.28. The average Bonchev–Trinajstić information content (AvgIpc) is 2.73. The van der Waals surface area contributed by atoms with E-state index in [0.29, 0.717) is 0 Å². The number of fused-ring (bicyclic) bond motifs is 3. The van der Waals surface area contributed by atoms with Crippen molar-refractivity contribution in [2.24, 2.45) is 22.6 Å². The summed E-state index contributed by atoms with van der Waals surface area (Å²) in [5.41, 5.74) is 9.89. The summed E-state index contributed by atoms with van der Waals surface area (Å²) in [6.07, 6.45) is -0.0616. The number of likely N-dealkylation sites (N-methyl/N-ethyl adjacent to an activating group) is 1. The second-order valence-electron chi connectivity index (χ2n) is 10.1. The standard InChI is InChI=1S/C23H26N6O8S/c1-29(2)17-16(32)13(20(25)35)18(33)22(8-24)19(34)14-15(31)12-9(6-21(14,26)7-23(17,22)27)10(4-5-11(12)30)28-38(3,36)37/h4-5,17,28,30-31,33H,6-7,26-27H2,1-3H3,(H2,25,35)/t17-,21-,22+,23-/m1/s1. The lowest BCUT2D eigenvalue weighted by molar-refractivity contribution is -0.139. The van der Waals surface area contributed by atoms with Crippen molar-refractivity contribution in [3.8, 4) is 11.8 Å². The van der Waals surface area contributed by atoms with Gasteiger partial charge < -0.3 is 32.5 Å². The first-order chi connectivity index (χ1) is 17.4. The molecule has 4 rings (SSSR count). The molecule has 0 heterocycles. The number of hydrogen-bond donors (Lipinski definition) is 7. The third-order valence-electron chi connectivity index (χ3n) is 7.43. The average molecular weight is 547 g/mol. The fraction of sp³-hybridized carbons (Fsp3) is 0.391. The second kappa shape index (κ2) is 8.01. The van der Waals surface area contributed by atoms with E-state index in [1.807, 2.05) is 0 Å². The van der Waals surface area contributed by atoms with Crippen LogP contribution in [0, 0.1) is 16.7 Å². The number of aliphatic hydroxyl groups is 2. The summed E-state index contributed by atoms with van der Waals surface area (Å²) in [5.74, 6) is -6.39. The number of aromatic hydroxyl groups is 1. The molecular weight excluding hydrogens is 520 g/mol. The molecule has 0 saturated heterocycles. The van der Waals surface area contributed by atoms with Crippen LogP contribution in [0.1, 0.15) is 17.5 Å². The minimum atomic E-state index is -3.83. The molecule has 0 unspecified atom stereocenters. The van der Waals surface area contributed by atoms with E-state index in [1.54, 1.807) is 6.07 Å². The minimum absolute atomic E-state index is 0.0289. The quantitative estimate of drug-likeness (QED) is 0.164. The van der Waals surface area contributed by atoms with E-state index in [4.69, 9.17) is 17.2 Å². The predicted octanol–water partition coefficient (Wildman–Crippen LogP) is -1.72. The largest absolute Gasteiger partial charge is 0.509 e. The van der Waals surface area contributed by atoms with Gasteiger partial charge in [-0.15, -0.1) is 0 Å². The summed E-state index contributed by atoms with van der Waals surface area (Å²) in [4.78, 5) is 41.0. The van der Waals surface area contributed by atoms with Gasteiger partial charge in [0, 0.05) is 0 Å². The van der Waals surface area contributed by atoms with Crippen LogP contribution in [0.25, 0.3) is 5.76 Å². The summed E-state index contributed by atoms with van der Waals surface area (Å²) >= 11 is 0. The first-order valence-electron chi connectivity index (χ1n) is 11.1. The van der Waals surface area contributed by atoms with E-state index < -0.39 is 84.9 Å². The first-order valence-corrected chi connectivity index (χ1v) is 13.0. The molecule has 0 aliphatic heterocycles. The number of rotatable bonds is 4. The van der Waals surface area contributed by atoms with Gasteiger partial charge in [-0.3, -0.25) is 24.0 Å². The molecule has 1 fully saturated rings. The number of ketones is 2. The number of sulfonamides is 1. The molecule has 1 saturated carbocycles. The molecule has 1 aromatic carbocycles. The molecule has 1 amide bonds. The van der Waals surface area contributed by atoms with Crippen LogP contribution in [0.5, 0.6) is 5.75 Å². The monoisotopic (exact) mass is 546 g/mol. The SMILES string of the molecule is CN(C)[C@@H]1C(=O)C(C(N)=O)=C(O)[C@@]2(C#N)C(=O)C3=C(O)c4c(O)ccc(NS(C)(=O)=O)c4C[C@@]3(N)C[C@@]12N. The highest BCUT2D eigenvalue weighted by molar-refractivity contribution is 7.92. The van der Waals surface area contributed by atoms with Gasteiger partial charge in [-0.1, -0.05) is 0 Å². The Morgan fingerprint density at radius 2 is 1.82 bits per heavy atom. The molecule has 38 heavy (non-hydrogen) atoms. The molecule has 0 radical (unpaired) electrons. The number of anilines is 1. The van der Waals surface area contributed by atoms with Crippen molar-refractivity contribution in [3.63, 3.8) is 0 Å². The van der Waals surface area contributed by atoms with Gasteiger partial charge in [0.25, 0.3) is 5.91 Å². The summed E-state index contributed by atoms with van der Waals surface area (Å²) in [6.45, 7) is 0. The normalized spacial score (nSPS) is 30.9. The Morgan fingerprint density at radius 3 is 2.32 bits per heavy atom. The fourth-order valence-electron chi connectivity index (χ4n) is 6.13. The van der Waals surface area contributed by atoms with Gasteiger partial charge in [0.05, 0.1) is 46.3 Å². The topological polar surface area (TPSA) is 263 Å². The van der Waals surface area contributed by atoms with Crippen molar-refractivity contribution >= 4 is 38.9 Å². The van der Waals surface area contributed by atoms with Gasteiger partial charge in [0.2, 0.25) is 10.0 Å². The highest BCUT2D eigenvalue weighted by atomic mass is 32.2.